The normalized spacial score (nSPS) is 14.6. The van der Waals surface area contributed by atoms with Gasteiger partial charge in [-0.05, 0) is 59.4 Å². The van der Waals surface area contributed by atoms with Crippen LogP contribution >= 0.6 is 0 Å². The number of hydrogen-bond acceptors (Lipinski definition) is 3. The number of benzene rings is 3. The molecule has 27 heavy (non-hydrogen) atoms. The summed E-state index contributed by atoms with van der Waals surface area (Å²) in [5.41, 5.74) is 1.11. The van der Waals surface area contributed by atoms with Crippen LogP contribution in [0.5, 0.6) is 11.5 Å². The second-order valence-electron chi connectivity index (χ2n) is 6.95. The van der Waals surface area contributed by atoms with Crippen LogP contribution in [0, 0.1) is 5.92 Å². The van der Waals surface area contributed by atoms with Crippen LogP contribution in [0.1, 0.15) is 24.4 Å². The lowest BCUT2D eigenvalue weighted by atomic mass is 10.0. The minimum absolute atomic E-state index is 0.0116. The van der Waals surface area contributed by atoms with Crippen molar-refractivity contribution in [3.8, 4) is 11.5 Å². The van der Waals surface area contributed by atoms with Crippen molar-refractivity contribution in [3.63, 3.8) is 0 Å². The molecular weight excluding hydrogens is 338 g/mol. The van der Waals surface area contributed by atoms with Gasteiger partial charge in [-0.15, -0.1) is 0 Å². The first-order chi connectivity index (χ1) is 13.2. The summed E-state index contributed by atoms with van der Waals surface area (Å²) < 4.78 is 10.9. The van der Waals surface area contributed by atoms with Crippen LogP contribution < -0.4 is 14.8 Å². The van der Waals surface area contributed by atoms with Crippen LogP contribution in [-0.2, 0) is 4.79 Å². The van der Waals surface area contributed by atoms with Gasteiger partial charge in [-0.1, -0.05) is 42.5 Å². The van der Waals surface area contributed by atoms with Crippen LogP contribution in [0.25, 0.3) is 10.8 Å². The van der Waals surface area contributed by atoms with Crippen LogP contribution in [-0.4, -0.2) is 19.6 Å². The van der Waals surface area contributed by atoms with E-state index in [-0.39, 0.29) is 18.6 Å². The second-order valence-corrected chi connectivity index (χ2v) is 6.95. The molecule has 3 aromatic rings. The maximum atomic E-state index is 12.5. The monoisotopic (exact) mass is 361 g/mol. The van der Waals surface area contributed by atoms with Crippen LogP contribution in [0.2, 0.25) is 0 Å². The highest BCUT2D eigenvalue weighted by Crippen LogP contribution is 2.41. The van der Waals surface area contributed by atoms with Gasteiger partial charge in [0.2, 0.25) is 0 Å². The van der Waals surface area contributed by atoms with Crippen molar-refractivity contribution in [2.75, 3.05) is 13.7 Å². The highest BCUT2D eigenvalue weighted by atomic mass is 16.5. The molecule has 1 saturated carbocycles. The Hall–Kier alpha value is -3.01. The van der Waals surface area contributed by atoms with Gasteiger partial charge in [-0.25, -0.2) is 0 Å². The third-order valence-electron chi connectivity index (χ3n) is 4.98. The first-order valence-corrected chi connectivity index (χ1v) is 9.28. The van der Waals surface area contributed by atoms with Crippen LogP contribution in [0.3, 0.4) is 0 Å². The number of ether oxygens (including phenoxy) is 2. The molecule has 1 aliphatic rings. The van der Waals surface area contributed by atoms with Gasteiger partial charge in [0.25, 0.3) is 5.91 Å². The average molecular weight is 361 g/mol. The number of rotatable bonds is 7. The van der Waals surface area contributed by atoms with Crippen molar-refractivity contribution in [1.29, 1.82) is 0 Å². The standard InChI is InChI=1S/C23H23NO3/c1-26-20-11-9-18(10-12-20)23(17-6-7-17)24-22(25)15-27-21-13-8-16-4-2-3-5-19(16)14-21/h2-5,8-14,17,23H,6-7,15H2,1H3,(H,24,25). The molecule has 0 spiro atoms. The molecule has 1 atom stereocenters. The Morgan fingerprint density at radius 1 is 1.00 bits per heavy atom. The van der Waals surface area contributed by atoms with Crippen molar-refractivity contribution in [1.82, 2.24) is 5.32 Å². The predicted octanol–water partition coefficient (Wildman–Crippen LogP) is 4.49. The molecule has 1 unspecified atom stereocenters. The molecule has 1 N–H and O–H groups in total. The van der Waals surface area contributed by atoms with Crippen LogP contribution in [0.4, 0.5) is 0 Å². The van der Waals surface area contributed by atoms with Crippen molar-refractivity contribution < 1.29 is 14.3 Å². The zero-order valence-electron chi connectivity index (χ0n) is 15.4. The molecule has 1 fully saturated rings. The highest BCUT2D eigenvalue weighted by molar-refractivity contribution is 5.84. The van der Waals surface area contributed by atoms with Crippen molar-refractivity contribution in [3.05, 3.63) is 72.3 Å². The number of carbonyl (C=O) groups is 1. The summed E-state index contributed by atoms with van der Waals surface area (Å²) in [6.07, 6.45) is 2.28. The average Bonchev–Trinajstić information content (AvgIpc) is 3.55. The molecule has 4 rings (SSSR count). The molecule has 0 heterocycles. The minimum Gasteiger partial charge on any atom is -0.497 e. The minimum atomic E-state index is -0.101. The van der Waals surface area contributed by atoms with E-state index in [4.69, 9.17) is 9.47 Å². The fourth-order valence-corrected chi connectivity index (χ4v) is 3.34. The Balaban J connectivity index is 1.39. The molecule has 1 amide bonds. The van der Waals surface area contributed by atoms with Gasteiger partial charge in [-0.2, -0.15) is 0 Å². The number of nitrogens with one attached hydrogen (secondary N) is 1. The third kappa shape index (κ3) is 4.22. The molecule has 3 aromatic carbocycles. The highest BCUT2D eigenvalue weighted by Gasteiger charge is 2.33. The molecule has 1 aliphatic carbocycles. The summed E-state index contributed by atoms with van der Waals surface area (Å²) in [5.74, 6) is 1.93. The van der Waals surface area contributed by atoms with E-state index in [9.17, 15) is 4.79 Å². The fourth-order valence-electron chi connectivity index (χ4n) is 3.34. The smallest absolute Gasteiger partial charge is 0.258 e. The Labute approximate surface area is 159 Å². The van der Waals surface area contributed by atoms with Crippen molar-refractivity contribution in [2.24, 2.45) is 5.92 Å². The Morgan fingerprint density at radius 2 is 1.70 bits per heavy atom. The SMILES string of the molecule is COc1ccc(C(NC(=O)COc2ccc3ccccc3c2)C2CC2)cc1. The van der Waals surface area contributed by atoms with Crippen molar-refractivity contribution >= 4 is 16.7 Å². The topological polar surface area (TPSA) is 47.6 Å². The van der Waals surface area contributed by atoms with E-state index in [1.165, 1.54) is 0 Å². The lowest BCUT2D eigenvalue weighted by Gasteiger charge is -2.19. The fraction of sp³-hybridized carbons (Fsp3) is 0.261. The molecule has 4 nitrogen and oxygen atoms in total. The number of hydrogen-bond donors (Lipinski definition) is 1. The van der Waals surface area contributed by atoms with Crippen molar-refractivity contribution in [2.45, 2.75) is 18.9 Å². The van der Waals surface area contributed by atoms with Gasteiger partial charge in [0.15, 0.2) is 6.61 Å². The largest absolute Gasteiger partial charge is 0.497 e. The summed E-state index contributed by atoms with van der Waals surface area (Å²) in [7, 11) is 1.65. The predicted molar refractivity (Wildman–Crippen MR) is 106 cm³/mol. The number of amides is 1. The first-order valence-electron chi connectivity index (χ1n) is 9.28. The molecule has 0 radical (unpaired) electrons. The maximum absolute atomic E-state index is 12.5. The van der Waals surface area contributed by atoms with Gasteiger partial charge >= 0.3 is 0 Å². The lowest BCUT2D eigenvalue weighted by molar-refractivity contribution is -0.124. The van der Waals surface area contributed by atoms with E-state index < -0.39 is 0 Å². The molecule has 0 aliphatic heterocycles. The lowest BCUT2D eigenvalue weighted by Crippen LogP contribution is -2.33. The summed E-state index contributed by atoms with van der Waals surface area (Å²) in [6, 6.07) is 21.9. The zero-order chi connectivity index (χ0) is 18.6. The quantitative estimate of drug-likeness (QED) is 0.674. The Morgan fingerprint density at radius 3 is 2.41 bits per heavy atom. The summed E-state index contributed by atoms with van der Waals surface area (Å²) in [4.78, 5) is 12.5. The van der Waals surface area contributed by atoms with E-state index >= 15 is 0 Å². The van der Waals surface area contributed by atoms with E-state index in [1.54, 1.807) is 7.11 Å². The maximum Gasteiger partial charge on any atom is 0.258 e. The number of methoxy groups -OCH3 is 1. The molecule has 0 saturated heterocycles. The van der Waals surface area contributed by atoms with E-state index in [0.29, 0.717) is 11.7 Å². The molecular formula is C23H23NO3. The first kappa shape index (κ1) is 17.4. The molecule has 4 heteroatoms. The van der Waals surface area contributed by atoms with Gasteiger partial charge < -0.3 is 14.8 Å². The molecule has 138 valence electrons. The Bertz CT molecular complexity index is 932. The summed E-state index contributed by atoms with van der Waals surface area (Å²) in [5, 5.41) is 5.39. The van der Waals surface area contributed by atoms with Gasteiger partial charge in [-0.3, -0.25) is 4.79 Å². The second kappa shape index (κ2) is 7.70. The van der Waals surface area contributed by atoms with E-state index in [1.807, 2.05) is 60.7 Å². The zero-order valence-corrected chi connectivity index (χ0v) is 15.4. The number of carbonyl (C=O) groups excluding carboxylic acids is 1. The Kier molecular flexibility index (Phi) is 4.97. The summed E-state index contributed by atoms with van der Waals surface area (Å²) >= 11 is 0. The molecule has 0 aromatic heterocycles. The third-order valence-corrected chi connectivity index (χ3v) is 4.98. The van der Waals surface area contributed by atoms with E-state index in [0.717, 1.165) is 34.9 Å². The summed E-state index contributed by atoms with van der Waals surface area (Å²) in [6.45, 7) is 0.0116. The van der Waals surface area contributed by atoms with Gasteiger partial charge in [0, 0.05) is 0 Å². The number of fused-ring (bicyclic) bond motifs is 1. The van der Waals surface area contributed by atoms with Crippen LogP contribution in [0.15, 0.2) is 66.7 Å². The van der Waals surface area contributed by atoms with Gasteiger partial charge in [0.1, 0.15) is 11.5 Å². The van der Waals surface area contributed by atoms with Gasteiger partial charge in [0.05, 0.1) is 13.2 Å². The molecule has 0 bridgehead atoms. The van der Waals surface area contributed by atoms with E-state index in [2.05, 4.69) is 11.4 Å².